The molecule has 0 saturated carbocycles. The van der Waals surface area contributed by atoms with Gasteiger partial charge in [0.05, 0.1) is 26.2 Å². The van der Waals surface area contributed by atoms with Gasteiger partial charge in [0.25, 0.3) is 0 Å². The molecule has 0 atom stereocenters. The van der Waals surface area contributed by atoms with Gasteiger partial charge in [0.2, 0.25) is 0 Å². The van der Waals surface area contributed by atoms with Crippen LogP contribution in [0.25, 0.3) is 0 Å². The molecule has 0 saturated heterocycles. The summed E-state index contributed by atoms with van der Waals surface area (Å²) in [5.74, 6) is -4.91. The molecule has 0 rings (SSSR count). The van der Waals surface area contributed by atoms with Gasteiger partial charge in [-0.3, -0.25) is 29.0 Å². The molecule has 124 valence electrons. The maximum atomic E-state index is 10.6. The van der Waals surface area contributed by atoms with E-state index in [0.29, 0.717) is 0 Å². The molecule has 21 heavy (non-hydrogen) atoms. The van der Waals surface area contributed by atoms with Crippen LogP contribution in [0.2, 0.25) is 0 Å². The van der Waals surface area contributed by atoms with E-state index in [0.717, 1.165) is 9.80 Å². The van der Waals surface area contributed by atoms with Crippen LogP contribution in [0.1, 0.15) is 0 Å². The molecule has 0 fully saturated rings. The third kappa shape index (κ3) is 13.3. The number of aliphatic carboxylic acids is 4. The maximum absolute atomic E-state index is 10.6. The topological polar surface area (TPSA) is 156 Å². The van der Waals surface area contributed by atoms with Gasteiger partial charge in [0.15, 0.2) is 0 Å². The van der Waals surface area contributed by atoms with Crippen LogP contribution in [0.5, 0.6) is 0 Å². The number of carboxylic acids is 4. The fourth-order valence-electron chi connectivity index (χ4n) is 1.48. The standard InChI is InChI=1S/C10H16N2O8.Ag/c13-7(14)3-11(4-8(15)16)1-2-12(5-9(17)18)6-10(19)20;/h1-6H2,(H,13,14)(H,15,16)(H,17,18)(H,19,20);/q;+1. The van der Waals surface area contributed by atoms with E-state index in [4.69, 9.17) is 20.4 Å². The third-order valence-corrected chi connectivity index (χ3v) is 2.17. The molecule has 0 aliphatic heterocycles. The van der Waals surface area contributed by atoms with E-state index in [1.807, 2.05) is 0 Å². The van der Waals surface area contributed by atoms with Gasteiger partial charge in [-0.25, -0.2) is 0 Å². The van der Waals surface area contributed by atoms with E-state index in [1.165, 1.54) is 0 Å². The van der Waals surface area contributed by atoms with E-state index in [1.54, 1.807) is 0 Å². The number of hydrogen-bond acceptors (Lipinski definition) is 6. The van der Waals surface area contributed by atoms with E-state index in [-0.39, 0.29) is 35.5 Å². The molecular weight excluding hydrogens is 384 g/mol. The fraction of sp³-hybridized carbons (Fsp3) is 0.600. The van der Waals surface area contributed by atoms with Crippen LogP contribution in [-0.2, 0) is 41.6 Å². The summed E-state index contributed by atoms with van der Waals surface area (Å²) in [4.78, 5) is 44.4. The summed E-state index contributed by atoms with van der Waals surface area (Å²) in [5, 5.41) is 34.5. The quantitative estimate of drug-likeness (QED) is 0.284. The van der Waals surface area contributed by atoms with Crippen LogP contribution in [0.3, 0.4) is 0 Å². The first kappa shape index (κ1) is 21.8. The first-order valence-corrected chi connectivity index (χ1v) is 5.52. The summed E-state index contributed by atoms with van der Waals surface area (Å²) in [5.41, 5.74) is 0. The SMILES string of the molecule is O=C(O)CN(CCN(CC(=O)O)CC(=O)O)CC(=O)O.[Ag+]. The molecule has 0 heterocycles. The largest absolute Gasteiger partial charge is 1.00 e. The van der Waals surface area contributed by atoms with E-state index in [2.05, 4.69) is 0 Å². The minimum Gasteiger partial charge on any atom is -0.480 e. The molecule has 4 N–H and O–H groups in total. The fourth-order valence-corrected chi connectivity index (χ4v) is 1.48. The van der Waals surface area contributed by atoms with Crippen molar-refractivity contribution >= 4 is 23.9 Å². The van der Waals surface area contributed by atoms with Gasteiger partial charge in [-0.1, -0.05) is 0 Å². The predicted octanol–water partition coefficient (Wildman–Crippen LogP) is -2.07. The van der Waals surface area contributed by atoms with E-state index in [9.17, 15) is 19.2 Å². The minimum absolute atomic E-state index is 0. The second-order valence-corrected chi connectivity index (χ2v) is 4.00. The number of hydrogen-bond donors (Lipinski definition) is 4. The van der Waals surface area contributed by atoms with Crippen molar-refractivity contribution in [1.29, 1.82) is 0 Å². The van der Waals surface area contributed by atoms with Crippen molar-refractivity contribution in [2.45, 2.75) is 0 Å². The van der Waals surface area contributed by atoms with Gasteiger partial charge in [-0.15, -0.1) is 0 Å². The zero-order valence-corrected chi connectivity index (χ0v) is 12.3. The Balaban J connectivity index is 0. The number of carbonyl (C=O) groups is 4. The first-order valence-electron chi connectivity index (χ1n) is 5.52. The summed E-state index contributed by atoms with van der Waals surface area (Å²) >= 11 is 0. The number of rotatable bonds is 11. The summed E-state index contributed by atoms with van der Waals surface area (Å²) in [6, 6.07) is 0. The molecule has 0 aromatic rings. The maximum Gasteiger partial charge on any atom is 1.00 e. The predicted molar refractivity (Wildman–Crippen MR) is 63.4 cm³/mol. The molecule has 0 aromatic carbocycles. The Bertz CT molecular complexity index is 321. The van der Waals surface area contributed by atoms with Crippen LogP contribution in [0.4, 0.5) is 0 Å². The first-order chi connectivity index (χ1) is 9.20. The van der Waals surface area contributed by atoms with Crippen molar-refractivity contribution in [2.75, 3.05) is 39.3 Å². The average Bonchev–Trinajstić information content (AvgIpc) is 2.22. The molecule has 0 bridgehead atoms. The molecular formula is C10H16AgN2O8+. The molecule has 0 aromatic heterocycles. The van der Waals surface area contributed by atoms with Gasteiger partial charge < -0.3 is 20.4 Å². The van der Waals surface area contributed by atoms with Crippen molar-refractivity contribution in [1.82, 2.24) is 9.80 Å². The summed E-state index contributed by atoms with van der Waals surface area (Å²) in [6.07, 6.45) is 0. The summed E-state index contributed by atoms with van der Waals surface area (Å²) < 4.78 is 0. The Morgan fingerprint density at radius 3 is 0.905 bits per heavy atom. The van der Waals surface area contributed by atoms with Gasteiger partial charge in [-0.2, -0.15) is 0 Å². The van der Waals surface area contributed by atoms with Crippen molar-refractivity contribution in [2.24, 2.45) is 0 Å². The third-order valence-electron chi connectivity index (χ3n) is 2.17. The molecule has 0 radical (unpaired) electrons. The minimum atomic E-state index is -1.23. The van der Waals surface area contributed by atoms with Crippen LogP contribution < -0.4 is 0 Å². The molecule has 11 heteroatoms. The van der Waals surface area contributed by atoms with E-state index < -0.39 is 50.1 Å². The van der Waals surface area contributed by atoms with Crippen LogP contribution in [0, 0.1) is 0 Å². The van der Waals surface area contributed by atoms with Gasteiger partial charge in [0, 0.05) is 13.1 Å². The van der Waals surface area contributed by atoms with Crippen LogP contribution >= 0.6 is 0 Å². The molecule has 0 aliphatic carbocycles. The second kappa shape index (κ2) is 11.2. The molecule has 10 nitrogen and oxygen atoms in total. The van der Waals surface area contributed by atoms with Gasteiger partial charge in [0.1, 0.15) is 0 Å². The Hall–Kier alpha value is -1.46. The number of nitrogens with zero attached hydrogens (tertiary/aromatic N) is 2. The van der Waals surface area contributed by atoms with E-state index >= 15 is 0 Å². The van der Waals surface area contributed by atoms with Gasteiger partial charge in [-0.05, 0) is 0 Å². The monoisotopic (exact) mass is 399 g/mol. The van der Waals surface area contributed by atoms with Crippen LogP contribution in [0.15, 0.2) is 0 Å². The normalized spacial score (nSPS) is 10.2. The zero-order valence-electron chi connectivity index (χ0n) is 10.9. The Labute approximate surface area is 135 Å². The second-order valence-electron chi connectivity index (χ2n) is 4.00. The molecule has 0 aliphatic rings. The average molecular weight is 400 g/mol. The Kier molecular flexibility index (Phi) is 11.7. The summed E-state index contributed by atoms with van der Waals surface area (Å²) in [6.45, 7) is -2.25. The van der Waals surface area contributed by atoms with Crippen molar-refractivity contribution in [3.05, 3.63) is 0 Å². The van der Waals surface area contributed by atoms with Crippen LogP contribution in [-0.4, -0.2) is 93.4 Å². The summed E-state index contributed by atoms with van der Waals surface area (Å²) in [7, 11) is 0. The van der Waals surface area contributed by atoms with Crippen molar-refractivity contribution in [3.8, 4) is 0 Å². The Morgan fingerprint density at radius 1 is 0.571 bits per heavy atom. The molecule has 0 spiro atoms. The Morgan fingerprint density at radius 2 is 0.762 bits per heavy atom. The molecule has 0 amide bonds. The van der Waals surface area contributed by atoms with Crippen molar-refractivity contribution in [3.63, 3.8) is 0 Å². The van der Waals surface area contributed by atoms with Crippen molar-refractivity contribution < 1.29 is 62.0 Å². The smallest absolute Gasteiger partial charge is 0.480 e. The number of carboxylic acid groups (broad SMARTS) is 4. The zero-order chi connectivity index (χ0) is 15.7. The van der Waals surface area contributed by atoms with Gasteiger partial charge >= 0.3 is 46.3 Å². The molecule has 0 unspecified atom stereocenters.